The van der Waals surface area contributed by atoms with Crippen molar-refractivity contribution in [2.45, 2.75) is 45.5 Å². The Kier molecular flexibility index (Phi) is 6.60. The number of rotatable bonds is 5. The number of hydrogen-bond acceptors (Lipinski definition) is 6. The van der Waals surface area contributed by atoms with E-state index < -0.39 is 33.9 Å². The molecule has 0 aromatic carbocycles. The molecule has 130 valence electrons. The maximum absolute atomic E-state index is 12.0. The third-order valence-corrected chi connectivity index (χ3v) is 4.21. The van der Waals surface area contributed by atoms with Crippen molar-refractivity contribution >= 4 is 16.1 Å². The largest absolute Gasteiger partial charge is 0.444 e. The van der Waals surface area contributed by atoms with E-state index in [1.807, 2.05) is 0 Å². The Morgan fingerprint density at radius 3 is 2.68 bits per heavy atom. The standard InChI is InChI=1S/C13H26N2O6S/c1-10(16)7-14-22(18,19)9-11-8-15(5-6-20-11)12(17)21-13(2,3)4/h10-11,14,16H,5-9H2,1-4H3/t10-,11?/m1/s1. The SMILES string of the molecule is C[C@@H](O)CNS(=O)(=O)CC1CN(C(=O)OC(C)(C)C)CCO1. The summed E-state index contributed by atoms with van der Waals surface area (Å²) in [5.74, 6) is -0.265. The van der Waals surface area contributed by atoms with E-state index in [0.29, 0.717) is 6.54 Å². The Morgan fingerprint density at radius 2 is 2.14 bits per heavy atom. The highest BCUT2D eigenvalue weighted by molar-refractivity contribution is 7.89. The van der Waals surface area contributed by atoms with Gasteiger partial charge in [-0.05, 0) is 27.7 Å². The number of morpholine rings is 1. The van der Waals surface area contributed by atoms with Crippen LogP contribution >= 0.6 is 0 Å². The molecule has 1 fully saturated rings. The Morgan fingerprint density at radius 1 is 1.50 bits per heavy atom. The van der Waals surface area contributed by atoms with Crippen LogP contribution in [0, 0.1) is 0 Å². The number of aliphatic hydroxyl groups is 1. The monoisotopic (exact) mass is 338 g/mol. The molecule has 0 radical (unpaired) electrons. The Hall–Kier alpha value is -0.900. The van der Waals surface area contributed by atoms with E-state index in [0.717, 1.165) is 0 Å². The number of aliphatic hydroxyl groups excluding tert-OH is 1. The number of amides is 1. The van der Waals surface area contributed by atoms with Gasteiger partial charge in [0.25, 0.3) is 0 Å². The molecule has 1 aliphatic rings. The fourth-order valence-electron chi connectivity index (χ4n) is 1.86. The van der Waals surface area contributed by atoms with Crippen molar-refractivity contribution in [2.75, 3.05) is 32.0 Å². The van der Waals surface area contributed by atoms with E-state index in [-0.39, 0.29) is 25.4 Å². The minimum absolute atomic E-state index is 0.0508. The maximum atomic E-state index is 12.0. The van der Waals surface area contributed by atoms with Crippen LogP contribution in [0.1, 0.15) is 27.7 Å². The number of carbonyl (C=O) groups is 1. The number of ether oxygens (including phenoxy) is 2. The fraction of sp³-hybridized carbons (Fsp3) is 0.923. The third-order valence-electron chi connectivity index (χ3n) is 2.79. The average Bonchev–Trinajstić information content (AvgIpc) is 2.34. The van der Waals surface area contributed by atoms with Crippen molar-refractivity contribution in [3.63, 3.8) is 0 Å². The maximum Gasteiger partial charge on any atom is 0.410 e. The van der Waals surface area contributed by atoms with Crippen LogP contribution in [0.4, 0.5) is 4.79 Å². The summed E-state index contributed by atoms with van der Waals surface area (Å²) in [6.45, 7) is 7.54. The Balaban J connectivity index is 2.54. The van der Waals surface area contributed by atoms with E-state index in [1.165, 1.54) is 11.8 Å². The molecule has 1 amide bonds. The number of nitrogens with one attached hydrogen (secondary N) is 1. The topological polar surface area (TPSA) is 105 Å². The molecule has 22 heavy (non-hydrogen) atoms. The molecule has 0 spiro atoms. The lowest BCUT2D eigenvalue weighted by atomic mass is 10.2. The lowest BCUT2D eigenvalue weighted by Crippen LogP contribution is -2.50. The molecule has 0 aromatic heterocycles. The van der Waals surface area contributed by atoms with E-state index in [1.54, 1.807) is 20.8 Å². The molecule has 8 nitrogen and oxygen atoms in total. The van der Waals surface area contributed by atoms with Gasteiger partial charge < -0.3 is 19.5 Å². The predicted molar refractivity (Wildman–Crippen MR) is 81.0 cm³/mol. The smallest absolute Gasteiger partial charge is 0.410 e. The van der Waals surface area contributed by atoms with Crippen molar-refractivity contribution < 1.29 is 27.8 Å². The normalized spacial score (nSPS) is 21.5. The lowest BCUT2D eigenvalue weighted by molar-refractivity contribution is -0.0343. The summed E-state index contributed by atoms with van der Waals surface area (Å²) < 4.78 is 36.7. The van der Waals surface area contributed by atoms with Crippen molar-refractivity contribution in [1.82, 2.24) is 9.62 Å². The summed E-state index contributed by atoms with van der Waals surface area (Å²) in [6.07, 6.45) is -1.86. The number of sulfonamides is 1. The van der Waals surface area contributed by atoms with Crippen molar-refractivity contribution in [3.05, 3.63) is 0 Å². The zero-order valence-electron chi connectivity index (χ0n) is 13.5. The second kappa shape index (κ2) is 7.58. The molecule has 9 heteroatoms. The first-order chi connectivity index (χ1) is 9.98. The summed E-state index contributed by atoms with van der Waals surface area (Å²) in [5, 5.41) is 9.12. The molecular formula is C13H26N2O6S. The minimum Gasteiger partial charge on any atom is -0.444 e. The van der Waals surface area contributed by atoms with Gasteiger partial charge in [0.1, 0.15) is 5.60 Å². The number of hydrogen-bond donors (Lipinski definition) is 2. The van der Waals surface area contributed by atoms with Gasteiger partial charge in [0.15, 0.2) is 0 Å². The summed E-state index contributed by atoms with van der Waals surface area (Å²) in [6, 6.07) is 0. The first kappa shape index (κ1) is 19.1. The van der Waals surface area contributed by atoms with Crippen LogP contribution in [0.3, 0.4) is 0 Å². The molecule has 1 rings (SSSR count). The van der Waals surface area contributed by atoms with Gasteiger partial charge in [0.05, 0.1) is 31.1 Å². The average molecular weight is 338 g/mol. The molecular weight excluding hydrogens is 312 g/mol. The van der Waals surface area contributed by atoms with Crippen LogP contribution in [0.5, 0.6) is 0 Å². The van der Waals surface area contributed by atoms with Gasteiger partial charge in [-0.2, -0.15) is 0 Å². The number of nitrogens with zero attached hydrogens (tertiary/aromatic N) is 1. The quantitative estimate of drug-likeness (QED) is 0.726. The molecule has 0 saturated carbocycles. The molecule has 1 heterocycles. The van der Waals surface area contributed by atoms with E-state index >= 15 is 0 Å². The molecule has 1 aliphatic heterocycles. The zero-order valence-corrected chi connectivity index (χ0v) is 14.4. The van der Waals surface area contributed by atoms with Crippen LogP contribution in [0.2, 0.25) is 0 Å². The minimum atomic E-state index is -3.57. The van der Waals surface area contributed by atoms with Crippen molar-refractivity contribution in [2.24, 2.45) is 0 Å². The van der Waals surface area contributed by atoms with E-state index in [9.17, 15) is 13.2 Å². The van der Waals surface area contributed by atoms with Gasteiger partial charge in [-0.3, -0.25) is 0 Å². The first-order valence-electron chi connectivity index (χ1n) is 7.23. The van der Waals surface area contributed by atoms with Gasteiger partial charge >= 0.3 is 6.09 Å². The van der Waals surface area contributed by atoms with Crippen molar-refractivity contribution in [1.29, 1.82) is 0 Å². The second-order valence-electron chi connectivity index (χ2n) is 6.40. The summed E-state index contributed by atoms with van der Waals surface area (Å²) in [4.78, 5) is 13.4. The summed E-state index contributed by atoms with van der Waals surface area (Å²) in [7, 11) is -3.57. The van der Waals surface area contributed by atoms with Crippen LogP contribution in [0.25, 0.3) is 0 Å². The fourth-order valence-corrected chi connectivity index (χ4v) is 3.17. The van der Waals surface area contributed by atoms with Crippen LogP contribution in [-0.4, -0.2) is 74.3 Å². The number of carbonyl (C=O) groups excluding carboxylic acids is 1. The van der Waals surface area contributed by atoms with Gasteiger partial charge in [0.2, 0.25) is 10.0 Å². The van der Waals surface area contributed by atoms with Gasteiger partial charge in [0, 0.05) is 13.1 Å². The molecule has 0 aromatic rings. The third kappa shape index (κ3) is 7.39. The van der Waals surface area contributed by atoms with Gasteiger partial charge in [-0.25, -0.2) is 17.9 Å². The van der Waals surface area contributed by atoms with E-state index in [4.69, 9.17) is 14.6 Å². The van der Waals surface area contributed by atoms with Crippen molar-refractivity contribution in [3.8, 4) is 0 Å². The highest BCUT2D eigenvalue weighted by atomic mass is 32.2. The Bertz CT molecular complexity index is 471. The molecule has 1 saturated heterocycles. The molecule has 0 bridgehead atoms. The molecule has 2 N–H and O–H groups in total. The van der Waals surface area contributed by atoms with Crippen LogP contribution in [-0.2, 0) is 19.5 Å². The van der Waals surface area contributed by atoms with Gasteiger partial charge in [-0.15, -0.1) is 0 Å². The summed E-state index contributed by atoms with van der Waals surface area (Å²) >= 11 is 0. The molecule has 2 atom stereocenters. The second-order valence-corrected chi connectivity index (χ2v) is 8.25. The molecule has 1 unspecified atom stereocenters. The van der Waals surface area contributed by atoms with Crippen LogP contribution < -0.4 is 4.72 Å². The Labute approximate surface area is 131 Å². The first-order valence-corrected chi connectivity index (χ1v) is 8.89. The van der Waals surface area contributed by atoms with E-state index in [2.05, 4.69) is 4.72 Å². The lowest BCUT2D eigenvalue weighted by Gasteiger charge is -2.34. The summed E-state index contributed by atoms with van der Waals surface area (Å²) in [5.41, 5.74) is -0.601. The highest BCUT2D eigenvalue weighted by Gasteiger charge is 2.30. The predicted octanol–water partition coefficient (Wildman–Crippen LogP) is -0.0775. The zero-order chi connectivity index (χ0) is 17.0. The van der Waals surface area contributed by atoms with Crippen LogP contribution in [0.15, 0.2) is 0 Å². The highest BCUT2D eigenvalue weighted by Crippen LogP contribution is 2.13. The molecule has 0 aliphatic carbocycles. The van der Waals surface area contributed by atoms with Gasteiger partial charge in [-0.1, -0.05) is 0 Å².